The molecule has 1 N–H and O–H groups in total. The van der Waals surface area contributed by atoms with Gasteiger partial charge in [-0.1, -0.05) is 18.2 Å². The summed E-state index contributed by atoms with van der Waals surface area (Å²) in [5.41, 5.74) is -0.274. The van der Waals surface area contributed by atoms with Crippen LogP contribution < -0.4 is 5.32 Å². The number of thiophene rings is 1. The Kier molecular flexibility index (Phi) is 5.13. The number of anilines is 1. The molecular weight excluding hydrogens is 375 g/mol. The number of nitrogens with one attached hydrogen (secondary N) is 1. The summed E-state index contributed by atoms with van der Waals surface area (Å²) in [6, 6.07) is 11.5. The van der Waals surface area contributed by atoms with Crippen LogP contribution in [0.3, 0.4) is 0 Å². The van der Waals surface area contributed by atoms with Crippen LogP contribution in [0, 0.1) is 15.9 Å². The molecular formula is C18H13FN2O5S. The molecule has 27 heavy (non-hydrogen) atoms. The van der Waals surface area contributed by atoms with E-state index in [4.69, 9.17) is 4.74 Å². The maximum atomic E-state index is 13.7. The van der Waals surface area contributed by atoms with Gasteiger partial charge in [-0.3, -0.25) is 14.9 Å². The van der Waals surface area contributed by atoms with Gasteiger partial charge in [0.05, 0.1) is 4.92 Å². The standard InChI is InChI=1S/C18H13FN2O5S/c1-10(17(22)20-13-6-2-3-7-14(13)21(24)25)26-18(23)16-9-11-12(19)5-4-8-15(11)27-16/h2-10H,1H3,(H,20,22)/t10-/m1/s1. The Hall–Kier alpha value is -3.33. The van der Waals surface area contributed by atoms with Crippen molar-refractivity contribution < 1.29 is 23.6 Å². The number of benzene rings is 2. The largest absolute Gasteiger partial charge is 0.448 e. The fraction of sp³-hybridized carbons (Fsp3) is 0.111. The normalized spacial score (nSPS) is 11.8. The summed E-state index contributed by atoms with van der Waals surface area (Å²) in [4.78, 5) is 35.0. The third-order valence-corrected chi connectivity index (χ3v) is 4.80. The monoisotopic (exact) mass is 388 g/mol. The predicted octanol–water partition coefficient (Wildman–Crippen LogP) is 4.13. The Morgan fingerprint density at radius 2 is 1.96 bits per heavy atom. The fourth-order valence-electron chi connectivity index (χ4n) is 2.37. The zero-order valence-corrected chi connectivity index (χ0v) is 14.8. The van der Waals surface area contributed by atoms with E-state index in [0.29, 0.717) is 10.1 Å². The fourth-order valence-corrected chi connectivity index (χ4v) is 3.33. The van der Waals surface area contributed by atoms with Crippen molar-refractivity contribution >= 4 is 44.7 Å². The number of carbonyl (C=O) groups excluding carboxylic acids is 2. The molecule has 0 saturated heterocycles. The van der Waals surface area contributed by atoms with Crippen LogP contribution in [0.4, 0.5) is 15.8 Å². The van der Waals surface area contributed by atoms with Gasteiger partial charge < -0.3 is 10.1 Å². The van der Waals surface area contributed by atoms with Crippen molar-refractivity contribution in [2.45, 2.75) is 13.0 Å². The maximum Gasteiger partial charge on any atom is 0.349 e. The number of hydrogen-bond donors (Lipinski definition) is 1. The summed E-state index contributed by atoms with van der Waals surface area (Å²) in [6.07, 6.45) is -1.20. The molecule has 0 unspecified atom stereocenters. The third kappa shape index (κ3) is 3.93. The molecule has 0 aliphatic rings. The molecule has 0 aliphatic carbocycles. The molecule has 3 rings (SSSR count). The van der Waals surface area contributed by atoms with E-state index in [2.05, 4.69) is 5.32 Å². The molecule has 9 heteroatoms. The van der Waals surface area contributed by atoms with Crippen molar-refractivity contribution in [2.24, 2.45) is 0 Å². The van der Waals surface area contributed by atoms with E-state index in [1.54, 1.807) is 6.07 Å². The molecule has 1 aromatic heterocycles. The summed E-state index contributed by atoms with van der Waals surface area (Å²) in [5, 5.41) is 13.7. The number of hydrogen-bond acceptors (Lipinski definition) is 6. The highest BCUT2D eigenvalue weighted by Gasteiger charge is 2.23. The number of carbonyl (C=O) groups is 2. The number of ether oxygens (including phenoxy) is 1. The second-order valence-corrected chi connectivity index (χ2v) is 6.66. The maximum absolute atomic E-state index is 13.7. The third-order valence-electron chi connectivity index (χ3n) is 3.72. The number of nitro groups is 1. The predicted molar refractivity (Wildman–Crippen MR) is 98.4 cm³/mol. The van der Waals surface area contributed by atoms with E-state index in [0.717, 1.165) is 11.3 Å². The van der Waals surface area contributed by atoms with E-state index in [-0.39, 0.29) is 16.3 Å². The van der Waals surface area contributed by atoms with Crippen molar-refractivity contribution in [3.05, 3.63) is 69.3 Å². The van der Waals surface area contributed by atoms with E-state index in [1.807, 2.05) is 0 Å². The van der Waals surface area contributed by atoms with Crippen LogP contribution in [0.5, 0.6) is 0 Å². The zero-order valence-electron chi connectivity index (χ0n) is 14.0. The van der Waals surface area contributed by atoms with E-state index in [9.17, 15) is 24.1 Å². The van der Waals surface area contributed by atoms with Gasteiger partial charge in [-0.25, -0.2) is 9.18 Å². The van der Waals surface area contributed by atoms with Crippen LogP contribution in [0.15, 0.2) is 48.5 Å². The number of fused-ring (bicyclic) bond motifs is 1. The van der Waals surface area contributed by atoms with Gasteiger partial charge in [-0.15, -0.1) is 11.3 Å². The lowest BCUT2D eigenvalue weighted by Gasteiger charge is -2.13. The smallest absolute Gasteiger partial charge is 0.349 e. The first-order valence-electron chi connectivity index (χ1n) is 7.80. The average molecular weight is 388 g/mol. The van der Waals surface area contributed by atoms with Crippen LogP contribution in [0.1, 0.15) is 16.6 Å². The Labute approximate surface area is 156 Å². The Morgan fingerprint density at radius 3 is 2.67 bits per heavy atom. The van der Waals surface area contributed by atoms with Crippen molar-refractivity contribution in [3.63, 3.8) is 0 Å². The molecule has 0 saturated carbocycles. The van der Waals surface area contributed by atoms with Crippen LogP contribution in [0.2, 0.25) is 0 Å². The number of halogens is 1. The number of para-hydroxylation sites is 2. The molecule has 138 valence electrons. The second-order valence-electron chi connectivity index (χ2n) is 5.57. The highest BCUT2D eigenvalue weighted by atomic mass is 32.1. The highest BCUT2D eigenvalue weighted by Crippen LogP contribution is 2.28. The summed E-state index contributed by atoms with van der Waals surface area (Å²) >= 11 is 1.05. The van der Waals surface area contributed by atoms with Crippen molar-refractivity contribution in [1.29, 1.82) is 0 Å². The van der Waals surface area contributed by atoms with Crippen LogP contribution >= 0.6 is 11.3 Å². The van der Waals surface area contributed by atoms with Gasteiger partial charge in [0, 0.05) is 16.2 Å². The summed E-state index contributed by atoms with van der Waals surface area (Å²) < 4.78 is 19.4. The quantitative estimate of drug-likeness (QED) is 0.402. The van der Waals surface area contributed by atoms with Crippen molar-refractivity contribution in [3.8, 4) is 0 Å². The SMILES string of the molecule is C[C@@H](OC(=O)c1cc2c(F)cccc2s1)C(=O)Nc1ccccc1[N+](=O)[O-]. The Bertz CT molecular complexity index is 1050. The number of nitro benzene ring substituents is 1. The lowest BCUT2D eigenvalue weighted by molar-refractivity contribution is -0.383. The first kappa shape index (κ1) is 18.5. The Morgan fingerprint density at radius 1 is 1.22 bits per heavy atom. The van der Waals surface area contributed by atoms with Gasteiger partial charge in [0.2, 0.25) is 0 Å². The van der Waals surface area contributed by atoms with Crippen molar-refractivity contribution in [2.75, 3.05) is 5.32 Å². The Balaban J connectivity index is 1.71. The molecule has 2 aromatic carbocycles. The molecule has 1 atom stereocenters. The number of nitrogens with zero attached hydrogens (tertiary/aromatic N) is 1. The molecule has 0 aliphatic heterocycles. The van der Waals surface area contributed by atoms with Crippen LogP contribution in [-0.4, -0.2) is 22.9 Å². The average Bonchev–Trinajstić information content (AvgIpc) is 3.08. The van der Waals surface area contributed by atoms with Gasteiger partial charge in [-0.05, 0) is 31.2 Å². The summed E-state index contributed by atoms with van der Waals surface area (Å²) in [6.45, 7) is 1.34. The molecule has 1 amide bonds. The summed E-state index contributed by atoms with van der Waals surface area (Å²) in [5.74, 6) is -1.95. The molecule has 3 aromatic rings. The number of rotatable bonds is 5. The topological polar surface area (TPSA) is 98.5 Å². The minimum atomic E-state index is -1.20. The van der Waals surface area contributed by atoms with Crippen LogP contribution in [0.25, 0.3) is 10.1 Å². The minimum absolute atomic E-state index is 0.000618. The van der Waals surface area contributed by atoms with Crippen molar-refractivity contribution in [1.82, 2.24) is 0 Å². The first-order chi connectivity index (χ1) is 12.9. The number of esters is 1. The molecule has 1 heterocycles. The molecule has 0 bridgehead atoms. The van der Waals surface area contributed by atoms with E-state index in [1.165, 1.54) is 49.4 Å². The summed E-state index contributed by atoms with van der Waals surface area (Å²) in [7, 11) is 0. The zero-order chi connectivity index (χ0) is 19.6. The minimum Gasteiger partial charge on any atom is -0.448 e. The lowest BCUT2D eigenvalue weighted by Crippen LogP contribution is -2.30. The van der Waals surface area contributed by atoms with Gasteiger partial charge in [0.15, 0.2) is 6.10 Å². The number of amides is 1. The lowest BCUT2D eigenvalue weighted by atomic mass is 10.2. The van der Waals surface area contributed by atoms with Gasteiger partial charge in [-0.2, -0.15) is 0 Å². The van der Waals surface area contributed by atoms with Gasteiger partial charge in [0.25, 0.3) is 11.6 Å². The van der Waals surface area contributed by atoms with Gasteiger partial charge in [0.1, 0.15) is 16.4 Å². The molecule has 0 radical (unpaired) electrons. The first-order valence-corrected chi connectivity index (χ1v) is 8.62. The van der Waals surface area contributed by atoms with E-state index >= 15 is 0 Å². The molecule has 0 spiro atoms. The molecule has 0 fully saturated rings. The second kappa shape index (κ2) is 7.50. The molecule has 7 nitrogen and oxygen atoms in total. The van der Waals surface area contributed by atoms with Gasteiger partial charge >= 0.3 is 5.97 Å². The highest BCUT2D eigenvalue weighted by molar-refractivity contribution is 7.20. The van der Waals surface area contributed by atoms with Crippen LogP contribution in [-0.2, 0) is 9.53 Å². The van der Waals surface area contributed by atoms with E-state index < -0.39 is 28.7 Å².